The predicted octanol–water partition coefficient (Wildman–Crippen LogP) is 1.79. The molecule has 0 aliphatic carbocycles. The van der Waals surface area contributed by atoms with Gasteiger partial charge in [0.15, 0.2) is 5.65 Å². The van der Waals surface area contributed by atoms with E-state index in [1.807, 2.05) is 29.6 Å². The molecule has 1 aliphatic heterocycles. The Morgan fingerprint density at radius 3 is 2.84 bits per heavy atom. The molecule has 1 aliphatic rings. The van der Waals surface area contributed by atoms with E-state index >= 15 is 0 Å². The molecule has 2 aromatic heterocycles. The van der Waals surface area contributed by atoms with Gasteiger partial charge in [-0.1, -0.05) is 6.07 Å². The van der Waals surface area contributed by atoms with E-state index in [2.05, 4.69) is 27.3 Å². The van der Waals surface area contributed by atoms with Gasteiger partial charge >= 0.3 is 0 Å². The van der Waals surface area contributed by atoms with Gasteiger partial charge in [-0.2, -0.15) is 4.98 Å². The second-order valence-electron chi connectivity index (χ2n) is 5.50. The van der Waals surface area contributed by atoms with Gasteiger partial charge in [-0.25, -0.2) is 4.52 Å². The lowest BCUT2D eigenvalue weighted by Crippen LogP contribution is -2.33. The van der Waals surface area contributed by atoms with Crippen LogP contribution >= 0.6 is 0 Å². The second kappa shape index (κ2) is 5.17. The molecule has 1 N–H and O–H groups in total. The molecule has 0 aromatic carbocycles. The lowest BCUT2D eigenvalue weighted by atomic mass is 9.97. The third-order valence-corrected chi connectivity index (χ3v) is 3.94. The van der Waals surface area contributed by atoms with Crippen molar-refractivity contribution >= 4 is 11.6 Å². The van der Waals surface area contributed by atoms with Crippen molar-refractivity contribution in [2.75, 3.05) is 32.0 Å². The molecule has 0 unspecified atom stereocenters. The smallest absolute Gasteiger partial charge is 0.243 e. The van der Waals surface area contributed by atoms with Gasteiger partial charge in [-0.05, 0) is 58.0 Å². The molecular weight excluding hydrogens is 238 g/mol. The highest BCUT2D eigenvalue weighted by molar-refractivity contribution is 5.44. The topological polar surface area (TPSA) is 45.5 Å². The SMILES string of the molecule is Cc1cccc2nc(NCC3CCN(C)CC3)nn12. The molecule has 0 bridgehead atoms. The summed E-state index contributed by atoms with van der Waals surface area (Å²) in [5, 5.41) is 7.88. The Balaban J connectivity index is 1.64. The molecule has 0 amide bonds. The molecule has 5 heteroatoms. The van der Waals surface area contributed by atoms with Crippen LogP contribution in [0.4, 0.5) is 5.95 Å². The van der Waals surface area contributed by atoms with Gasteiger partial charge in [0.2, 0.25) is 5.95 Å². The summed E-state index contributed by atoms with van der Waals surface area (Å²) in [7, 11) is 2.19. The normalized spacial score (nSPS) is 18.0. The molecule has 0 saturated carbocycles. The number of pyridine rings is 1. The molecule has 0 spiro atoms. The molecule has 2 aromatic rings. The number of fused-ring (bicyclic) bond motifs is 1. The fourth-order valence-corrected chi connectivity index (χ4v) is 2.61. The van der Waals surface area contributed by atoms with E-state index in [4.69, 9.17) is 0 Å². The van der Waals surface area contributed by atoms with Crippen LogP contribution in [0, 0.1) is 12.8 Å². The second-order valence-corrected chi connectivity index (χ2v) is 5.50. The van der Waals surface area contributed by atoms with Crippen LogP contribution in [0.5, 0.6) is 0 Å². The minimum absolute atomic E-state index is 0.740. The maximum absolute atomic E-state index is 4.50. The third kappa shape index (κ3) is 2.71. The van der Waals surface area contributed by atoms with Crippen LogP contribution in [0.1, 0.15) is 18.5 Å². The van der Waals surface area contributed by atoms with Crippen LogP contribution in [-0.2, 0) is 0 Å². The van der Waals surface area contributed by atoms with E-state index in [0.717, 1.165) is 29.8 Å². The molecule has 19 heavy (non-hydrogen) atoms. The Hall–Kier alpha value is -1.62. The summed E-state index contributed by atoms with van der Waals surface area (Å²) in [6.45, 7) is 5.42. The summed E-state index contributed by atoms with van der Waals surface area (Å²) in [6, 6.07) is 6.04. The van der Waals surface area contributed by atoms with Crippen molar-refractivity contribution in [3.05, 3.63) is 23.9 Å². The van der Waals surface area contributed by atoms with E-state index in [1.54, 1.807) is 0 Å². The summed E-state index contributed by atoms with van der Waals surface area (Å²) in [6.07, 6.45) is 2.52. The van der Waals surface area contributed by atoms with Crippen molar-refractivity contribution in [3.8, 4) is 0 Å². The van der Waals surface area contributed by atoms with Crippen LogP contribution in [0.15, 0.2) is 18.2 Å². The van der Waals surface area contributed by atoms with Gasteiger partial charge < -0.3 is 10.2 Å². The summed E-state index contributed by atoms with van der Waals surface area (Å²) in [5.74, 6) is 1.48. The van der Waals surface area contributed by atoms with Crippen LogP contribution in [-0.4, -0.2) is 46.2 Å². The standard InChI is InChI=1S/C14H21N5/c1-11-4-3-5-13-16-14(17-19(11)13)15-10-12-6-8-18(2)9-7-12/h3-5,12H,6-10H2,1-2H3,(H,15,17). The first kappa shape index (κ1) is 12.4. The number of anilines is 1. The van der Waals surface area contributed by atoms with Gasteiger partial charge in [0.25, 0.3) is 0 Å². The van der Waals surface area contributed by atoms with Gasteiger partial charge in [-0.15, -0.1) is 5.10 Å². The summed E-state index contributed by atoms with van der Waals surface area (Å²) in [5.41, 5.74) is 2.02. The van der Waals surface area contributed by atoms with Crippen molar-refractivity contribution < 1.29 is 0 Å². The molecule has 0 radical (unpaired) electrons. The Labute approximate surface area is 113 Å². The Morgan fingerprint density at radius 2 is 2.11 bits per heavy atom. The number of hydrogen-bond acceptors (Lipinski definition) is 4. The van der Waals surface area contributed by atoms with Crippen molar-refractivity contribution in [1.82, 2.24) is 19.5 Å². The first-order chi connectivity index (χ1) is 9.22. The zero-order valence-corrected chi connectivity index (χ0v) is 11.6. The number of nitrogens with zero attached hydrogens (tertiary/aromatic N) is 4. The van der Waals surface area contributed by atoms with Gasteiger partial charge in [0.1, 0.15) is 0 Å². The highest BCUT2D eigenvalue weighted by Gasteiger charge is 2.16. The molecule has 1 saturated heterocycles. The lowest BCUT2D eigenvalue weighted by molar-refractivity contribution is 0.226. The fraction of sp³-hybridized carbons (Fsp3) is 0.571. The Kier molecular flexibility index (Phi) is 3.38. The van der Waals surface area contributed by atoms with Crippen LogP contribution in [0.25, 0.3) is 5.65 Å². The summed E-state index contributed by atoms with van der Waals surface area (Å²) < 4.78 is 1.89. The van der Waals surface area contributed by atoms with Crippen LogP contribution in [0.2, 0.25) is 0 Å². The van der Waals surface area contributed by atoms with E-state index in [0.29, 0.717) is 0 Å². The Morgan fingerprint density at radius 1 is 1.32 bits per heavy atom. The number of rotatable bonds is 3. The molecule has 0 atom stereocenters. The lowest BCUT2D eigenvalue weighted by Gasteiger charge is -2.28. The zero-order chi connectivity index (χ0) is 13.2. The summed E-state index contributed by atoms with van der Waals surface area (Å²) >= 11 is 0. The first-order valence-corrected chi connectivity index (χ1v) is 6.97. The van der Waals surface area contributed by atoms with Crippen molar-refractivity contribution in [2.45, 2.75) is 19.8 Å². The van der Waals surface area contributed by atoms with Crippen LogP contribution < -0.4 is 5.32 Å². The van der Waals surface area contributed by atoms with Crippen molar-refractivity contribution in [2.24, 2.45) is 5.92 Å². The molecule has 3 rings (SSSR count). The predicted molar refractivity (Wildman–Crippen MR) is 76.4 cm³/mol. The quantitative estimate of drug-likeness (QED) is 0.913. The van der Waals surface area contributed by atoms with E-state index < -0.39 is 0 Å². The number of likely N-dealkylation sites (tertiary alicyclic amines) is 1. The van der Waals surface area contributed by atoms with Crippen molar-refractivity contribution in [3.63, 3.8) is 0 Å². The van der Waals surface area contributed by atoms with Gasteiger partial charge in [-0.3, -0.25) is 0 Å². The largest absolute Gasteiger partial charge is 0.353 e. The molecule has 3 heterocycles. The number of aromatic nitrogens is 3. The summed E-state index contributed by atoms with van der Waals surface area (Å²) in [4.78, 5) is 6.90. The maximum atomic E-state index is 4.50. The van der Waals surface area contributed by atoms with Crippen molar-refractivity contribution in [1.29, 1.82) is 0 Å². The number of nitrogens with one attached hydrogen (secondary N) is 1. The van der Waals surface area contributed by atoms with Gasteiger partial charge in [0.05, 0.1) is 0 Å². The molecule has 1 fully saturated rings. The molecule has 5 nitrogen and oxygen atoms in total. The van der Waals surface area contributed by atoms with E-state index in [-0.39, 0.29) is 0 Å². The fourth-order valence-electron chi connectivity index (χ4n) is 2.61. The van der Waals surface area contributed by atoms with E-state index in [1.165, 1.54) is 25.9 Å². The van der Waals surface area contributed by atoms with Crippen LogP contribution in [0.3, 0.4) is 0 Å². The number of aryl methyl sites for hydroxylation is 1. The minimum Gasteiger partial charge on any atom is -0.353 e. The molecular formula is C14H21N5. The first-order valence-electron chi connectivity index (χ1n) is 6.97. The number of piperidine rings is 1. The third-order valence-electron chi connectivity index (χ3n) is 3.94. The number of hydrogen-bond donors (Lipinski definition) is 1. The monoisotopic (exact) mass is 259 g/mol. The van der Waals surface area contributed by atoms with Gasteiger partial charge in [0, 0.05) is 12.2 Å². The minimum atomic E-state index is 0.740. The highest BCUT2D eigenvalue weighted by atomic mass is 15.3. The zero-order valence-electron chi connectivity index (χ0n) is 11.6. The van der Waals surface area contributed by atoms with E-state index in [9.17, 15) is 0 Å². The average Bonchev–Trinajstić information content (AvgIpc) is 2.83. The highest BCUT2D eigenvalue weighted by Crippen LogP contribution is 2.16. The molecule has 102 valence electrons. The Bertz CT molecular complexity index is 554. The average molecular weight is 259 g/mol. The maximum Gasteiger partial charge on any atom is 0.243 e.